The Balaban J connectivity index is 2.17. The van der Waals surface area contributed by atoms with E-state index in [1.54, 1.807) is 24.5 Å². The van der Waals surface area contributed by atoms with Crippen LogP contribution in [-0.2, 0) is 6.42 Å². The molecule has 2 aromatic rings. The second-order valence-electron chi connectivity index (χ2n) is 3.47. The summed E-state index contributed by atoms with van der Waals surface area (Å²) < 4.78 is 18.8. The molecule has 0 aliphatic heterocycles. The molecule has 2 nitrogen and oxygen atoms in total. The minimum atomic E-state index is -0.668. The number of rotatable bonds is 3. The van der Waals surface area contributed by atoms with Gasteiger partial charge in [-0.25, -0.2) is 4.39 Å². The van der Waals surface area contributed by atoms with Gasteiger partial charge < -0.3 is 9.52 Å². The Morgan fingerprint density at radius 1 is 1.38 bits per heavy atom. The van der Waals surface area contributed by atoms with Crippen LogP contribution >= 0.6 is 22.6 Å². The van der Waals surface area contributed by atoms with Gasteiger partial charge in [-0.2, -0.15) is 0 Å². The monoisotopic (exact) mass is 332 g/mol. The molecule has 84 valence electrons. The van der Waals surface area contributed by atoms with Gasteiger partial charge in [-0.15, -0.1) is 0 Å². The van der Waals surface area contributed by atoms with Crippen LogP contribution < -0.4 is 0 Å². The first-order valence-electron chi connectivity index (χ1n) is 4.82. The number of aliphatic hydroxyl groups is 1. The van der Waals surface area contributed by atoms with Gasteiger partial charge in [-0.3, -0.25) is 0 Å². The lowest BCUT2D eigenvalue weighted by molar-refractivity contribution is 0.169. The molecule has 0 aliphatic rings. The molecule has 0 amide bonds. The first-order valence-corrected chi connectivity index (χ1v) is 5.90. The number of furan rings is 1. The van der Waals surface area contributed by atoms with Crippen molar-refractivity contribution < 1.29 is 13.9 Å². The highest BCUT2D eigenvalue weighted by atomic mass is 127. The molecule has 1 N–H and O–H groups in total. The molecule has 0 spiro atoms. The van der Waals surface area contributed by atoms with Crippen molar-refractivity contribution in [2.75, 3.05) is 0 Å². The van der Waals surface area contributed by atoms with E-state index in [0.717, 1.165) is 9.13 Å². The summed E-state index contributed by atoms with van der Waals surface area (Å²) >= 11 is 2.01. The first-order chi connectivity index (χ1) is 7.66. The van der Waals surface area contributed by atoms with Crippen LogP contribution in [0.2, 0.25) is 0 Å². The van der Waals surface area contributed by atoms with Gasteiger partial charge in [-0.05, 0) is 52.4 Å². The molecule has 0 saturated heterocycles. The lowest BCUT2D eigenvalue weighted by atomic mass is 10.1. The number of aliphatic hydroxyl groups excluding tert-OH is 1. The Hall–Kier alpha value is -0.880. The molecule has 1 atom stereocenters. The molecule has 4 heteroatoms. The van der Waals surface area contributed by atoms with E-state index in [0.29, 0.717) is 12.2 Å². The van der Waals surface area contributed by atoms with E-state index in [1.807, 2.05) is 22.6 Å². The summed E-state index contributed by atoms with van der Waals surface area (Å²) in [6.07, 6.45) is 1.30. The maximum Gasteiger partial charge on any atom is 0.124 e. The lowest BCUT2D eigenvalue weighted by Gasteiger charge is -2.11. The van der Waals surface area contributed by atoms with Crippen LogP contribution in [0.25, 0.3) is 0 Å². The number of hydrogen-bond acceptors (Lipinski definition) is 2. The summed E-state index contributed by atoms with van der Waals surface area (Å²) in [5.41, 5.74) is 0.721. The summed E-state index contributed by atoms with van der Waals surface area (Å²) in [5, 5.41) is 9.98. The standard InChI is InChI=1S/C12H10FIO2/c13-8-3-4-10(11(14)6-8)12(15)7-9-2-1-5-16-9/h1-6,12,15H,7H2. The first kappa shape index (κ1) is 11.6. The van der Waals surface area contributed by atoms with Crippen molar-refractivity contribution in [3.8, 4) is 0 Å². The van der Waals surface area contributed by atoms with Crippen LogP contribution in [0.5, 0.6) is 0 Å². The molecule has 1 aromatic heterocycles. The van der Waals surface area contributed by atoms with E-state index >= 15 is 0 Å². The fraction of sp³-hybridized carbons (Fsp3) is 0.167. The predicted molar refractivity (Wildman–Crippen MR) is 66.5 cm³/mol. The Morgan fingerprint density at radius 3 is 2.81 bits per heavy atom. The van der Waals surface area contributed by atoms with Crippen LogP contribution in [0, 0.1) is 9.39 Å². The zero-order valence-electron chi connectivity index (χ0n) is 8.36. The van der Waals surface area contributed by atoms with Crippen molar-refractivity contribution in [2.24, 2.45) is 0 Å². The van der Waals surface area contributed by atoms with Gasteiger partial charge in [0.25, 0.3) is 0 Å². The average Bonchev–Trinajstić information content (AvgIpc) is 2.70. The molecule has 0 fully saturated rings. The van der Waals surface area contributed by atoms with Gasteiger partial charge in [0, 0.05) is 9.99 Å². The Morgan fingerprint density at radius 2 is 2.19 bits per heavy atom. The van der Waals surface area contributed by atoms with E-state index in [9.17, 15) is 9.50 Å². The van der Waals surface area contributed by atoms with Gasteiger partial charge in [-0.1, -0.05) is 6.07 Å². The highest BCUT2D eigenvalue weighted by Gasteiger charge is 2.13. The van der Waals surface area contributed by atoms with Crippen molar-refractivity contribution in [3.63, 3.8) is 0 Å². The Bertz CT molecular complexity index is 468. The summed E-state index contributed by atoms with van der Waals surface area (Å²) in [5.74, 6) is 0.422. The van der Waals surface area contributed by atoms with E-state index in [2.05, 4.69) is 0 Å². The molecule has 1 aromatic carbocycles. The van der Waals surface area contributed by atoms with Crippen molar-refractivity contribution in [1.29, 1.82) is 0 Å². The summed E-state index contributed by atoms with van der Waals surface area (Å²) in [4.78, 5) is 0. The fourth-order valence-corrected chi connectivity index (χ4v) is 2.34. The van der Waals surface area contributed by atoms with Crippen LogP contribution in [-0.4, -0.2) is 5.11 Å². The molecule has 16 heavy (non-hydrogen) atoms. The summed E-state index contributed by atoms with van der Waals surface area (Å²) in [7, 11) is 0. The van der Waals surface area contributed by atoms with Gasteiger partial charge in [0.1, 0.15) is 11.6 Å². The van der Waals surface area contributed by atoms with Crippen LogP contribution in [0.15, 0.2) is 41.0 Å². The van der Waals surface area contributed by atoms with E-state index in [1.165, 1.54) is 12.1 Å². The molecule has 0 bridgehead atoms. The Labute approximate surface area is 106 Å². The topological polar surface area (TPSA) is 33.4 Å². The minimum Gasteiger partial charge on any atom is -0.469 e. The van der Waals surface area contributed by atoms with E-state index in [-0.39, 0.29) is 5.82 Å². The smallest absolute Gasteiger partial charge is 0.124 e. The third-order valence-electron chi connectivity index (χ3n) is 2.30. The van der Waals surface area contributed by atoms with Crippen molar-refractivity contribution in [3.05, 3.63) is 57.3 Å². The molecule has 1 unspecified atom stereocenters. The highest BCUT2D eigenvalue weighted by molar-refractivity contribution is 14.1. The number of hydrogen-bond donors (Lipinski definition) is 1. The molecule has 2 rings (SSSR count). The van der Waals surface area contributed by atoms with Crippen LogP contribution in [0.3, 0.4) is 0 Å². The molecular weight excluding hydrogens is 322 g/mol. The maximum absolute atomic E-state index is 12.9. The van der Waals surface area contributed by atoms with Crippen molar-refractivity contribution in [2.45, 2.75) is 12.5 Å². The normalized spacial score (nSPS) is 12.7. The highest BCUT2D eigenvalue weighted by Crippen LogP contribution is 2.24. The second-order valence-corrected chi connectivity index (χ2v) is 4.63. The second kappa shape index (κ2) is 4.97. The van der Waals surface area contributed by atoms with Gasteiger partial charge in [0.2, 0.25) is 0 Å². The number of benzene rings is 1. The lowest BCUT2D eigenvalue weighted by Crippen LogP contribution is -2.03. The minimum absolute atomic E-state index is 0.293. The van der Waals surface area contributed by atoms with Gasteiger partial charge >= 0.3 is 0 Å². The molecule has 0 aliphatic carbocycles. The van der Waals surface area contributed by atoms with E-state index < -0.39 is 6.10 Å². The van der Waals surface area contributed by atoms with E-state index in [4.69, 9.17) is 4.42 Å². The number of halogens is 2. The zero-order valence-corrected chi connectivity index (χ0v) is 10.5. The van der Waals surface area contributed by atoms with Gasteiger partial charge in [0.05, 0.1) is 12.4 Å². The predicted octanol–water partition coefficient (Wildman–Crippen LogP) is 3.30. The molecule has 0 radical (unpaired) electrons. The van der Waals surface area contributed by atoms with Crippen molar-refractivity contribution >= 4 is 22.6 Å². The summed E-state index contributed by atoms with van der Waals surface area (Å²) in [6, 6.07) is 7.94. The molecule has 0 saturated carbocycles. The maximum atomic E-state index is 12.9. The SMILES string of the molecule is OC(Cc1ccco1)c1ccc(F)cc1I. The fourth-order valence-electron chi connectivity index (χ4n) is 1.50. The van der Waals surface area contributed by atoms with Crippen LogP contribution in [0.1, 0.15) is 17.4 Å². The van der Waals surface area contributed by atoms with Crippen LogP contribution in [0.4, 0.5) is 4.39 Å². The zero-order chi connectivity index (χ0) is 11.5. The van der Waals surface area contributed by atoms with Crippen molar-refractivity contribution in [1.82, 2.24) is 0 Å². The molecular formula is C12H10FIO2. The molecule has 1 heterocycles. The average molecular weight is 332 g/mol. The Kier molecular flexibility index (Phi) is 3.60. The van der Waals surface area contributed by atoms with Gasteiger partial charge in [0.15, 0.2) is 0 Å². The largest absolute Gasteiger partial charge is 0.469 e. The third-order valence-corrected chi connectivity index (χ3v) is 3.23. The quantitative estimate of drug-likeness (QED) is 0.875. The summed E-state index contributed by atoms with van der Waals surface area (Å²) in [6.45, 7) is 0. The third kappa shape index (κ3) is 2.62.